The molecule has 0 aliphatic carbocycles. The minimum absolute atomic E-state index is 0.160. The van der Waals surface area contributed by atoms with E-state index in [2.05, 4.69) is 4.90 Å². The van der Waals surface area contributed by atoms with Gasteiger partial charge in [-0.25, -0.2) is 12.8 Å². The highest BCUT2D eigenvalue weighted by Gasteiger charge is 2.36. The molecule has 1 atom stereocenters. The van der Waals surface area contributed by atoms with E-state index in [1.54, 1.807) is 6.07 Å². The van der Waals surface area contributed by atoms with Crippen molar-refractivity contribution < 1.29 is 17.9 Å². The fraction of sp³-hybridized carbons (Fsp3) is 0.625. The summed E-state index contributed by atoms with van der Waals surface area (Å²) < 4.78 is 40.4. The van der Waals surface area contributed by atoms with Crippen molar-refractivity contribution in [1.82, 2.24) is 9.21 Å². The summed E-state index contributed by atoms with van der Waals surface area (Å²) >= 11 is 0. The van der Waals surface area contributed by atoms with E-state index in [1.165, 1.54) is 22.5 Å². The molecule has 0 unspecified atom stereocenters. The first-order chi connectivity index (χ1) is 11.0. The molecule has 0 aromatic heterocycles. The summed E-state index contributed by atoms with van der Waals surface area (Å²) in [5.41, 5.74) is 0. The molecular formula is C16H23FN2O3S. The summed E-state index contributed by atoms with van der Waals surface area (Å²) in [7, 11) is -3.77. The number of halogens is 1. The second-order valence-corrected chi connectivity index (χ2v) is 8.19. The maximum atomic E-state index is 13.8. The number of hydrogen-bond acceptors (Lipinski definition) is 4. The first kappa shape index (κ1) is 16.8. The van der Waals surface area contributed by atoms with Gasteiger partial charge in [0.1, 0.15) is 10.7 Å². The molecule has 0 bridgehead atoms. The van der Waals surface area contributed by atoms with Gasteiger partial charge in [0, 0.05) is 25.2 Å². The van der Waals surface area contributed by atoms with E-state index in [0.717, 1.165) is 32.2 Å². The van der Waals surface area contributed by atoms with Gasteiger partial charge in [-0.3, -0.25) is 4.90 Å². The molecule has 7 heteroatoms. The molecule has 1 N–H and O–H groups in total. The Bertz CT molecular complexity index is 644. The van der Waals surface area contributed by atoms with Gasteiger partial charge in [-0.1, -0.05) is 12.1 Å². The number of nitrogens with zero attached hydrogens (tertiary/aromatic N) is 2. The van der Waals surface area contributed by atoms with Crippen LogP contribution in [0.3, 0.4) is 0 Å². The standard InChI is InChI=1S/C16H23FN2O3S/c17-15-5-1-2-6-16(15)23(21,22)18-10-7-13(8-11-18)19-9-3-4-14(19)12-20/h1-2,5-6,13-14,20H,3-4,7-12H2/t14-/m0/s1. The van der Waals surface area contributed by atoms with Crippen LogP contribution in [0.15, 0.2) is 29.2 Å². The molecule has 3 rings (SSSR count). The Hall–Kier alpha value is -1.02. The summed E-state index contributed by atoms with van der Waals surface area (Å²) in [5.74, 6) is -0.700. The molecule has 1 aromatic rings. The van der Waals surface area contributed by atoms with Gasteiger partial charge < -0.3 is 5.11 Å². The fourth-order valence-electron chi connectivity index (χ4n) is 3.74. The summed E-state index contributed by atoms with van der Waals surface area (Å²) in [5, 5.41) is 9.44. The fourth-order valence-corrected chi connectivity index (χ4v) is 5.28. The Balaban J connectivity index is 1.68. The molecule has 2 saturated heterocycles. The first-order valence-corrected chi connectivity index (χ1v) is 9.59. The third-order valence-electron chi connectivity index (χ3n) is 4.98. The summed E-state index contributed by atoms with van der Waals surface area (Å²) in [6.45, 7) is 1.93. The van der Waals surface area contributed by atoms with Gasteiger partial charge in [-0.2, -0.15) is 4.31 Å². The van der Waals surface area contributed by atoms with Crippen molar-refractivity contribution in [3.63, 3.8) is 0 Å². The lowest BCUT2D eigenvalue weighted by Crippen LogP contribution is -2.49. The van der Waals surface area contributed by atoms with Crippen LogP contribution in [0.5, 0.6) is 0 Å². The molecule has 2 aliphatic rings. The Kier molecular flexibility index (Phi) is 5.01. The molecule has 128 valence electrons. The Morgan fingerprint density at radius 2 is 1.83 bits per heavy atom. The zero-order valence-corrected chi connectivity index (χ0v) is 13.9. The molecule has 23 heavy (non-hydrogen) atoms. The van der Waals surface area contributed by atoms with Crippen LogP contribution in [0.1, 0.15) is 25.7 Å². The van der Waals surface area contributed by atoms with E-state index in [4.69, 9.17) is 0 Å². The van der Waals surface area contributed by atoms with E-state index in [0.29, 0.717) is 19.1 Å². The molecule has 2 heterocycles. The number of piperidine rings is 1. The summed E-state index contributed by atoms with van der Waals surface area (Å²) in [6.07, 6.45) is 3.54. The van der Waals surface area contributed by atoms with Crippen LogP contribution in [-0.2, 0) is 10.0 Å². The molecule has 0 radical (unpaired) electrons. The van der Waals surface area contributed by atoms with E-state index in [9.17, 15) is 17.9 Å². The number of benzene rings is 1. The van der Waals surface area contributed by atoms with E-state index in [-0.39, 0.29) is 17.5 Å². The number of hydrogen-bond donors (Lipinski definition) is 1. The van der Waals surface area contributed by atoms with Crippen molar-refractivity contribution in [3.05, 3.63) is 30.1 Å². The largest absolute Gasteiger partial charge is 0.395 e. The molecular weight excluding hydrogens is 319 g/mol. The van der Waals surface area contributed by atoms with Crippen LogP contribution in [-0.4, -0.2) is 61.1 Å². The van der Waals surface area contributed by atoms with Crippen LogP contribution >= 0.6 is 0 Å². The Morgan fingerprint density at radius 1 is 1.13 bits per heavy atom. The van der Waals surface area contributed by atoms with Crippen LogP contribution in [0, 0.1) is 5.82 Å². The van der Waals surface area contributed by atoms with Crippen molar-refractivity contribution in [2.75, 3.05) is 26.2 Å². The molecule has 1 aromatic carbocycles. The molecule has 5 nitrogen and oxygen atoms in total. The smallest absolute Gasteiger partial charge is 0.245 e. The van der Waals surface area contributed by atoms with Crippen LogP contribution in [0.4, 0.5) is 4.39 Å². The van der Waals surface area contributed by atoms with E-state index >= 15 is 0 Å². The molecule has 0 amide bonds. The SMILES string of the molecule is O=S(=O)(c1ccccc1F)N1CCC(N2CCC[C@H]2CO)CC1. The van der Waals surface area contributed by atoms with Crippen molar-refractivity contribution in [1.29, 1.82) is 0 Å². The van der Waals surface area contributed by atoms with Gasteiger partial charge in [0.25, 0.3) is 0 Å². The monoisotopic (exact) mass is 342 g/mol. The normalized spacial score (nSPS) is 25.0. The zero-order valence-electron chi connectivity index (χ0n) is 13.1. The van der Waals surface area contributed by atoms with Gasteiger partial charge in [-0.05, 0) is 44.4 Å². The third-order valence-corrected chi connectivity index (χ3v) is 6.91. The maximum Gasteiger partial charge on any atom is 0.245 e. The van der Waals surface area contributed by atoms with Crippen LogP contribution in [0.25, 0.3) is 0 Å². The number of likely N-dealkylation sites (tertiary alicyclic amines) is 1. The lowest BCUT2D eigenvalue weighted by molar-refractivity contribution is 0.0898. The van der Waals surface area contributed by atoms with Gasteiger partial charge in [-0.15, -0.1) is 0 Å². The molecule has 0 saturated carbocycles. The van der Waals surface area contributed by atoms with E-state index < -0.39 is 15.8 Å². The average molecular weight is 342 g/mol. The number of sulfonamides is 1. The minimum atomic E-state index is -3.77. The third kappa shape index (κ3) is 3.28. The van der Waals surface area contributed by atoms with Gasteiger partial charge in [0.05, 0.1) is 6.61 Å². The molecule has 2 aliphatic heterocycles. The number of aliphatic hydroxyl groups is 1. The number of rotatable bonds is 4. The Morgan fingerprint density at radius 3 is 2.48 bits per heavy atom. The van der Waals surface area contributed by atoms with E-state index in [1.807, 2.05) is 0 Å². The van der Waals surface area contributed by atoms with Gasteiger partial charge >= 0.3 is 0 Å². The summed E-state index contributed by atoms with van der Waals surface area (Å²) in [4.78, 5) is 2.07. The zero-order chi connectivity index (χ0) is 16.4. The predicted octanol–water partition coefficient (Wildman–Crippen LogP) is 1.44. The van der Waals surface area contributed by atoms with Crippen LogP contribution < -0.4 is 0 Å². The van der Waals surface area contributed by atoms with Crippen molar-refractivity contribution >= 4 is 10.0 Å². The minimum Gasteiger partial charge on any atom is -0.395 e. The van der Waals surface area contributed by atoms with Gasteiger partial charge in [0.15, 0.2) is 0 Å². The second-order valence-electron chi connectivity index (χ2n) is 6.28. The van der Waals surface area contributed by atoms with Crippen molar-refractivity contribution in [3.8, 4) is 0 Å². The molecule has 2 fully saturated rings. The highest BCUT2D eigenvalue weighted by Crippen LogP contribution is 2.28. The summed E-state index contributed by atoms with van der Waals surface area (Å²) in [6, 6.07) is 6.03. The average Bonchev–Trinajstić information content (AvgIpc) is 3.04. The lowest BCUT2D eigenvalue weighted by Gasteiger charge is -2.38. The first-order valence-electron chi connectivity index (χ1n) is 8.15. The van der Waals surface area contributed by atoms with Crippen molar-refractivity contribution in [2.45, 2.75) is 42.7 Å². The molecule has 0 spiro atoms. The number of aliphatic hydroxyl groups excluding tert-OH is 1. The maximum absolute atomic E-state index is 13.8. The van der Waals surface area contributed by atoms with Crippen LogP contribution in [0.2, 0.25) is 0 Å². The van der Waals surface area contributed by atoms with Gasteiger partial charge in [0.2, 0.25) is 10.0 Å². The predicted molar refractivity (Wildman–Crippen MR) is 85.0 cm³/mol. The lowest BCUT2D eigenvalue weighted by atomic mass is 10.0. The quantitative estimate of drug-likeness (QED) is 0.899. The Labute approximate surface area is 136 Å². The second kappa shape index (κ2) is 6.84. The highest BCUT2D eigenvalue weighted by molar-refractivity contribution is 7.89. The topological polar surface area (TPSA) is 60.9 Å². The highest BCUT2D eigenvalue weighted by atomic mass is 32.2. The van der Waals surface area contributed by atoms with Crippen molar-refractivity contribution in [2.24, 2.45) is 0 Å².